The Bertz CT molecular complexity index is 487. The predicted molar refractivity (Wildman–Crippen MR) is 97.9 cm³/mol. The molecule has 0 amide bonds. The number of allylic oxidation sites excluding steroid dienone is 5. The molecule has 0 aliphatic heterocycles. The molecule has 116 valence electrons. The van der Waals surface area contributed by atoms with Crippen LogP contribution in [0.5, 0.6) is 0 Å². The maximum atomic E-state index is 3.74. The van der Waals surface area contributed by atoms with Crippen LogP contribution in [0, 0.1) is 6.92 Å². The minimum absolute atomic E-state index is 1.09. The van der Waals surface area contributed by atoms with Crippen molar-refractivity contribution in [2.24, 2.45) is 0 Å². The molecule has 0 bridgehead atoms. The van der Waals surface area contributed by atoms with Crippen molar-refractivity contribution in [3.05, 3.63) is 70.8 Å². The minimum atomic E-state index is 1.09. The standard InChI is InChI=1S/C17H20.2C2H6/c1-4-5-6-15-9-10-16-11-13(2)7-8-17(16)12-14(15)3;2*1-2/h4-8,11H,1,9-10,12H2,2-3H3;2*1-2H3/b6-5-;;. The molecule has 0 fully saturated rings. The zero-order valence-electron chi connectivity index (χ0n) is 14.8. The first-order valence-electron chi connectivity index (χ1n) is 8.27. The van der Waals surface area contributed by atoms with Crippen LogP contribution in [0.15, 0.2) is 54.2 Å². The van der Waals surface area contributed by atoms with E-state index < -0.39 is 0 Å². The summed E-state index contributed by atoms with van der Waals surface area (Å²) < 4.78 is 0. The third-order valence-electron chi connectivity index (χ3n) is 3.46. The Labute approximate surface area is 132 Å². The van der Waals surface area contributed by atoms with E-state index in [1.165, 1.54) is 27.8 Å². The summed E-state index contributed by atoms with van der Waals surface area (Å²) in [6, 6.07) is 6.84. The van der Waals surface area contributed by atoms with Gasteiger partial charge in [0, 0.05) is 0 Å². The summed E-state index contributed by atoms with van der Waals surface area (Å²) in [5, 5.41) is 0. The van der Waals surface area contributed by atoms with Crippen LogP contribution in [0.1, 0.15) is 57.7 Å². The molecule has 0 N–H and O–H groups in total. The van der Waals surface area contributed by atoms with Gasteiger partial charge in [-0.3, -0.25) is 0 Å². The molecule has 1 aliphatic rings. The highest BCUT2D eigenvalue weighted by Crippen LogP contribution is 2.26. The van der Waals surface area contributed by atoms with E-state index in [2.05, 4.69) is 44.7 Å². The highest BCUT2D eigenvalue weighted by Gasteiger charge is 2.11. The Morgan fingerprint density at radius 3 is 2.24 bits per heavy atom. The van der Waals surface area contributed by atoms with Crippen molar-refractivity contribution in [2.45, 2.75) is 60.8 Å². The third kappa shape index (κ3) is 6.16. The van der Waals surface area contributed by atoms with Gasteiger partial charge in [0.25, 0.3) is 0 Å². The van der Waals surface area contributed by atoms with Crippen molar-refractivity contribution in [3.63, 3.8) is 0 Å². The number of aryl methyl sites for hydroxylation is 2. The Morgan fingerprint density at radius 1 is 0.952 bits per heavy atom. The number of fused-ring (bicyclic) bond motifs is 1. The Morgan fingerprint density at radius 2 is 1.62 bits per heavy atom. The van der Waals surface area contributed by atoms with E-state index in [-0.39, 0.29) is 0 Å². The molecule has 1 aromatic carbocycles. The summed E-state index contributed by atoms with van der Waals surface area (Å²) >= 11 is 0. The van der Waals surface area contributed by atoms with Gasteiger partial charge in [-0.05, 0) is 49.8 Å². The van der Waals surface area contributed by atoms with Gasteiger partial charge in [0.15, 0.2) is 0 Å². The molecule has 0 heteroatoms. The number of rotatable bonds is 2. The number of hydrogen-bond donors (Lipinski definition) is 0. The van der Waals surface area contributed by atoms with Gasteiger partial charge in [-0.15, -0.1) is 0 Å². The molecule has 0 nitrogen and oxygen atoms in total. The van der Waals surface area contributed by atoms with Crippen LogP contribution < -0.4 is 0 Å². The van der Waals surface area contributed by atoms with E-state index >= 15 is 0 Å². The van der Waals surface area contributed by atoms with Crippen LogP contribution in [-0.4, -0.2) is 0 Å². The maximum absolute atomic E-state index is 3.74. The molecule has 0 atom stereocenters. The van der Waals surface area contributed by atoms with E-state index in [1.807, 2.05) is 39.8 Å². The summed E-state index contributed by atoms with van der Waals surface area (Å²) in [6.45, 7) is 16.2. The molecular formula is C21H32. The van der Waals surface area contributed by atoms with Crippen molar-refractivity contribution in [3.8, 4) is 0 Å². The third-order valence-corrected chi connectivity index (χ3v) is 3.46. The normalized spacial score (nSPS) is 13.4. The van der Waals surface area contributed by atoms with Gasteiger partial charge in [-0.25, -0.2) is 0 Å². The van der Waals surface area contributed by atoms with Crippen LogP contribution in [0.2, 0.25) is 0 Å². The van der Waals surface area contributed by atoms with E-state index in [0.29, 0.717) is 0 Å². The van der Waals surface area contributed by atoms with Crippen molar-refractivity contribution >= 4 is 0 Å². The van der Waals surface area contributed by atoms with Crippen LogP contribution >= 0.6 is 0 Å². The van der Waals surface area contributed by atoms with Gasteiger partial charge in [-0.1, -0.05) is 81.8 Å². The molecule has 2 rings (SSSR count). The summed E-state index contributed by atoms with van der Waals surface area (Å²) in [7, 11) is 0. The fourth-order valence-corrected chi connectivity index (χ4v) is 2.45. The first kappa shape index (κ1) is 19.4. The van der Waals surface area contributed by atoms with E-state index in [9.17, 15) is 0 Å². The first-order valence-corrected chi connectivity index (χ1v) is 8.27. The lowest BCUT2D eigenvalue weighted by atomic mass is 9.99. The molecule has 21 heavy (non-hydrogen) atoms. The fourth-order valence-electron chi connectivity index (χ4n) is 2.45. The van der Waals surface area contributed by atoms with Crippen LogP contribution in [0.25, 0.3) is 0 Å². The van der Waals surface area contributed by atoms with Crippen molar-refractivity contribution in [1.82, 2.24) is 0 Å². The topological polar surface area (TPSA) is 0 Å². The molecule has 0 spiro atoms. The van der Waals surface area contributed by atoms with Gasteiger partial charge in [0.1, 0.15) is 0 Å². The maximum Gasteiger partial charge on any atom is -0.00613 e. The van der Waals surface area contributed by atoms with Crippen LogP contribution in [0.3, 0.4) is 0 Å². The van der Waals surface area contributed by atoms with E-state index in [0.717, 1.165) is 19.3 Å². The summed E-state index contributed by atoms with van der Waals surface area (Å²) in [6.07, 6.45) is 9.49. The highest BCUT2D eigenvalue weighted by atomic mass is 14.2. The van der Waals surface area contributed by atoms with Gasteiger partial charge in [0.2, 0.25) is 0 Å². The van der Waals surface area contributed by atoms with Crippen LogP contribution in [-0.2, 0) is 12.8 Å². The van der Waals surface area contributed by atoms with Gasteiger partial charge in [-0.2, -0.15) is 0 Å². The molecule has 0 saturated carbocycles. The molecule has 1 aromatic rings. The molecule has 0 saturated heterocycles. The molecule has 0 aromatic heterocycles. The lowest BCUT2D eigenvalue weighted by molar-refractivity contribution is 0.963. The number of benzene rings is 1. The molecule has 1 aliphatic carbocycles. The SMILES string of the molecule is C=C/C=C\C1=C(C)Cc2ccc(C)cc2CC1.CC.CC. The van der Waals surface area contributed by atoms with Gasteiger partial charge in [0.05, 0.1) is 0 Å². The minimum Gasteiger partial charge on any atom is -0.0991 e. The first-order chi connectivity index (χ1) is 10.2. The molecule has 0 unspecified atom stereocenters. The molecule has 0 radical (unpaired) electrons. The van der Waals surface area contributed by atoms with Crippen molar-refractivity contribution in [1.29, 1.82) is 0 Å². The second-order valence-electron chi connectivity index (χ2n) is 4.85. The largest absolute Gasteiger partial charge is 0.0991 e. The molecular weight excluding hydrogens is 252 g/mol. The Kier molecular flexibility index (Phi) is 10.3. The predicted octanol–water partition coefficient (Wildman–Crippen LogP) is 6.59. The monoisotopic (exact) mass is 284 g/mol. The zero-order valence-corrected chi connectivity index (χ0v) is 14.8. The van der Waals surface area contributed by atoms with E-state index in [4.69, 9.17) is 0 Å². The highest BCUT2D eigenvalue weighted by molar-refractivity contribution is 5.40. The number of hydrogen-bond acceptors (Lipinski definition) is 0. The van der Waals surface area contributed by atoms with Crippen molar-refractivity contribution < 1.29 is 0 Å². The van der Waals surface area contributed by atoms with E-state index in [1.54, 1.807) is 0 Å². The zero-order chi connectivity index (χ0) is 16.3. The molecule has 0 heterocycles. The van der Waals surface area contributed by atoms with Crippen molar-refractivity contribution in [2.75, 3.05) is 0 Å². The lowest BCUT2D eigenvalue weighted by Gasteiger charge is -2.06. The summed E-state index contributed by atoms with van der Waals surface area (Å²) in [4.78, 5) is 0. The Balaban J connectivity index is 0.000000921. The van der Waals surface area contributed by atoms with Gasteiger partial charge < -0.3 is 0 Å². The quantitative estimate of drug-likeness (QED) is 0.537. The summed E-state index contributed by atoms with van der Waals surface area (Å²) in [5.74, 6) is 0. The second kappa shape index (κ2) is 11.1. The smallest absolute Gasteiger partial charge is 0.00613 e. The van der Waals surface area contributed by atoms with Gasteiger partial charge >= 0.3 is 0 Å². The Hall–Kier alpha value is -1.56. The fraction of sp³-hybridized carbons (Fsp3) is 0.429. The second-order valence-corrected chi connectivity index (χ2v) is 4.85. The lowest BCUT2D eigenvalue weighted by Crippen LogP contribution is -1.92. The van der Waals surface area contributed by atoms with Crippen LogP contribution in [0.4, 0.5) is 0 Å². The average Bonchev–Trinajstić information content (AvgIpc) is 2.68. The average molecular weight is 284 g/mol. The summed E-state index contributed by atoms with van der Waals surface area (Å²) in [5.41, 5.74) is 7.34.